The minimum absolute atomic E-state index is 0.669. The third-order valence-corrected chi connectivity index (χ3v) is 3.71. The molecule has 1 N–H and O–H groups in total. The summed E-state index contributed by atoms with van der Waals surface area (Å²) in [5, 5.41) is 4.05. The summed E-state index contributed by atoms with van der Waals surface area (Å²) in [6.45, 7) is 0.669. The summed E-state index contributed by atoms with van der Waals surface area (Å²) in [6, 6.07) is 11.8. The quantitative estimate of drug-likeness (QED) is 0.770. The first-order valence-corrected chi connectivity index (χ1v) is 7.01. The van der Waals surface area contributed by atoms with Gasteiger partial charge < -0.3 is 9.72 Å². The van der Waals surface area contributed by atoms with E-state index in [1.54, 1.807) is 0 Å². The van der Waals surface area contributed by atoms with Crippen LogP contribution in [0.5, 0.6) is 0 Å². The van der Waals surface area contributed by atoms with Gasteiger partial charge >= 0.3 is 0 Å². The van der Waals surface area contributed by atoms with Gasteiger partial charge in [0.1, 0.15) is 5.65 Å². The molecule has 0 saturated heterocycles. The first-order chi connectivity index (χ1) is 9.22. The molecule has 0 atom stereocenters. The molecule has 3 nitrogen and oxygen atoms in total. The highest BCUT2D eigenvalue weighted by Gasteiger charge is 2.03. The van der Waals surface area contributed by atoms with Crippen molar-refractivity contribution in [3.8, 4) is 0 Å². The topological polar surface area (TPSA) is 29.3 Å². The van der Waals surface area contributed by atoms with Gasteiger partial charge in [0.05, 0.1) is 17.3 Å². The normalized spacial score (nSPS) is 10.8. The fourth-order valence-corrected chi connectivity index (χ4v) is 2.49. The van der Waals surface area contributed by atoms with Gasteiger partial charge in [-0.3, -0.25) is 0 Å². The van der Waals surface area contributed by atoms with Gasteiger partial charge in [-0.15, -0.1) is 0 Å². The summed E-state index contributed by atoms with van der Waals surface area (Å²) in [4.78, 5) is 4.53. The number of halogens is 2. The maximum atomic E-state index is 5.95. The summed E-state index contributed by atoms with van der Waals surface area (Å²) in [7, 11) is 0. The Morgan fingerprint density at radius 3 is 2.84 bits per heavy atom. The summed E-state index contributed by atoms with van der Waals surface area (Å²) in [6.07, 6.45) is 3.83. The number of benzene rings is 1. The van der Waals surface area contributed by atoms with Crippen LogP contribution in [0.3, 0.4) is 0 Å². The fourth-order valence-electron chi connectivity index (χ4n) is 1.89. The van der Waals surface area contributed by atoms with E-state index in [4.69, 9.17) is 11.6 Å². The molecule has 2 aromatic heterocycles. The van der Waals surface area contributed by atoms with E-state index >= 15 is 0 Å². The predicted octanol–water partition coefficient (Wildman–Crippen LogP) is 4.36. The number of hydrogen-bond acceptors (Lipinski definition) is 2. The van der Waals surface area contributed by atoms with Crippen LogP contribution in [0.1, 0.15) is 5.69 Å². The maximum absolute atomic E-state index is 5.95. The molecule has 1 aromatic carbocycles. The molecule has 0 amide bonds. The average Bonchev–Trinajstić information content (AvgIpc) is 2.79. The standard InChI is InChI=1S/C14H11BrClN3/c15-12-3-1-2-4-13(12)17-7-11-9-19-8-10(16)5-6-14(19)18-11/h1-6,8-9,17H,7H2. The van der Waals surface area contributed by atoms with Gasteiger partial charge in [-0.05, 0) is 40.2 Å². The van der Waals surface area contributed by atoms with Gasteiger partial charge in [-0.1, -0.05) is 23.7 Å². The molecule has 0 saturated carbocycles. The van der Waals surface area contributed by atoms with E-state index < -0.39 is 0 Å². The average molecular weight is 337 g/mol. The zero-order valence-electron chi connectivity index (χ0n) is 9.98. The van der Waals surface area contributed by atoms with Crippen molar-refractivity contribution in [1.29, 1.82) is 0 Å². The van der Waals surface area contributed by atoms with E-state index in [1.807, 2.05) is 53.2 Å². The number of aromatic nitrogens is 2. The number of nitrogens with zero attached hydrogens (tertiary/aromatic N) is 2. The minimum atomic E-state index is 0.669. The zero-order chi connectivity index (χ0) is 13.2. The first-order valence-electron chi connectivity index (χ1n) is 5.84. The zero-order valence-corrected chi connectivity index (χ0v) is 12.3. The molecule has 0 fully saturated rings. The van der Waals surface area contributed by atoms with Crippen LogP contribution in [0.2, 0.25) is 5.02 Å². The lowest BCUT2D eigenvalue weighted by molar-refractivity contribution is 1.08. The summed E-state index contributed by atoms with van der Waals surface area (Å²) >= 11 is 9.46. The Morgan fingerprint density at radius 2 is 2.00 bits per heavy atom. The Labute approximate surface area is 124 Å². The Balaban J connectivity index is 1.80. The monoisotopic (exact) mass is 335 g/mol. The highest BCUT2D eigenvalue weighted by molar-refractivity contribution is 9.10. The summed E-state index contributed by atoms with van der Waals surface area (Å²) < 4.78 is 2.97. The van der Waals surface area contributed by atoms with Crippen LogP contribution in [0.25, 0.3) is 5.65 Å². The molecule has 3 rings (SSSR count). The molecule has 5 heteroatoms. The number of imidazole rings is 1. The Hall–Kier alpha value is -1.52. The predicted molar refractivity (Wildman–Crippen MR) is 81.7 cm³/mol. The Morgan fingerprint density at radius 1 is 1.16 bits per heavy atom. The van der Waals surface area contributed by atoms with Crippen molar-refractivity contribution in [3.63, 3.8) is 0 Å². The highest BCUT2D eigenvalue weighted by Crippen LogP contribution is 2.22. The number of para-hydroxylation sites is 1. The van der Waals surface area contributed by atoms with Crippen molar-refractivity contribution in [3.05, 3.63) is 64.0 Å². The molecular formula is C14H11BrClN3. The van der Waals surface area contributed by atoms with Gasteiger partial charge in [0.25, 0.3) is 0 Å². The number of pyridine rings is 1. The lowest BCUT2D eigenvalue weighted by Crippen LogP contribution is -1.99. The molecule has 0 aliphatic carbocycles. The lowest BCUT2D eigenvalue weighted by atomic mass is 10.3. The van der Waals surface area contributed by atoms with Crippen LogP contribution in [0, 0.1) is 0 Å². The van der Waals surface area contributed by atoms with Crippen LogP contribution >= 0.6 is 27.5 Å². The molecule has 19 heavy (non-hydrogen) atoms. The second kappa shape index (κ2) is 5.23. The van der Waals surface area contributed by atoms with Crippen molar-refractivity contribution in [2.45, 2.75) is 6.54 Å². The molecule has 0 bridgehead atoms. The largest absolute Gasteiger partial charge is 0.378 e. The Bertz CT molecular complexity index is 724. The molecule has 3 aromatic rings. The van der Waals surface area contributed by atoms with Crippen LogP contribution in [0.4, 0.5) is 5.69 Å². The van der Waals surface area contributed by atoms with E-state index in [1.165, 1.54) is 0 Å². The van der Waals surface area contributed by atoms with Crippen molar-refractivity contribution >= 4 is 38.9 Å². The van der Waals surface area contributed by atoms with Crippen molar-refractivity contribution in [1.82, 2.24) is 9.38 Å². The van der Waals surface area contributed by atoms with E-state index in [-0.39, 0.29) is 0 Å². The summed E-state index contributed by atoms with van der Waals surface area (Å²) in [5.41, 5.74) is 2.92. The molecule has 0 spiro atoms. The SMILES string of the molecule is Clc1ccc2nc(CNc3ccccc3Br)cn2c1. The number of rotatable bonds is 3. The number of anilines is 1. The van der Waals surface area contributed by atoms with Crippen molar-refractivity contribution in [2.24, 2.45) is 0 Å². The van der Waals surface area contributed by atoms with E-state index in [2.05, 4.69) is 26.2 Å². The van der Waals surface area contributed by atoms with Gasteiger partial charge in [-0.25, -0.2) is 4.98 Å². The molecule has 0 aliphatic rings. The van der Waals surface area contributed by atoms with E-state index in [0.717, 1.165) is 21.5 Å². The van der Waals surface area contributed by atoms with Crippen molar-refractivity contribution < 1.29 is 0 Å². The third kappa shape index (κ3) is 2.74. The smallest absolute Gasteiger partial charge is 0.137 e. The van der Waals surface area contributed by atoms with Crippen LogP contribution in [0.15, 0.2) is 53.3 Å². The van der Waals surface area contributed by atoms with Crippen molar-refractivity contribution in [2.75, 3.05) is 5.32 Å². The number of fused-ring (bicyclic) bond motifs is 1. The maximum Gasteiger partial charge on any atom is 0.137 e. The van der Waals surface area contributed by atoms with E-state index in [0.29, 0.717) is 11.6 Å². The number of hydrogen-bond donors (Lipinski definition) is 1. The third-order valence-electron chi connectivity index (χ3n) is 2.80. The first kappa shape index (κ1) is 12.5. The van der Waals surface area contributed by atoms with Crippen LogP contribution in [-0.2, 0) is 6.54 Å². The highest BCUT2D eigenvalue weighted by atomic mass is 79.9. The second-order valence-corrected chi connectivity index (χ2v) is 5.47. The Kier molecular flexibility index (Phi) is 3.44. The second-order valence-electron chi connectivity index (χ2n) is 4.18. The van der Waals surface area contributed by atoms with Crippen LogP contribution in [-0.4, -0.2) is 9.38 Å². The van der Waals surface area contributed by atoms with E-state index in [9.17, 15) is 0 Å². The minimum Gasteiger partial charge on any atom is -0.378 e. The van der Waals surface area contributed by atoms with Gasteiger partial charge in [0, 0.05) is 22.6 Å². The van der Waals surface area contributed by atoms with Gasteiger partial charge in [0.15, 0.2) is 0 Å². The summed E-state index contributed by atoms with van der Waals surface area (Å²) in [5.74, 6) is 0. The van der Waals surface area contributed by atoms with Gasteiger partial charge in [-0.2, -0.15) is 0 Å². The van der Waals surface area contributed by atoms with Crippen LogP contribution < -0.4 is 5.32 Å². The number of nitrogens with one attached hydrogen (secondary N) is 1. The molecular weight excluding hydrogens is 326 g/mol. The van der Waals surface area contributed by atoms with Gasteiger partial charge in [0.2, 0.25) is 0 Å². The molecule has 0 radical (unpaired) electrons. The molecule has 0 aliphatic heterocycles. The lowest BCUT2D eigenvalue weighted by Gasteiger charge is -2.05. The molecule has 2 heterocycles. The molecule has 96 valence electrons. The fraction of sp³-hybridized carbons (Fsp3) is 0.0714. The molecule has 0 unspecified atom stereocenters.